The molecule has 4 nitrogen and oxygen atoms in total. The quantitative estimate of drug-likeness (QED) is 0.820. The zero-order valence-electron chi connectivity index (χ0n) is 13.3. The van der Waals surface area contributed by atoms with E-state index in [0.29, 0.717) is 16.9 Å². The number of carbonyl (C=O) groups excluding carboxylic acids is 2. The van der Waals surface area contributed by atoms with Gasteiger partial charge in [0.15, 0.2) is 0 Å². The van der Waals surface area contributed by atoms with Gasteiger partial charge in [-0.2, -0.15) is 0 Å². The molecule has 0 heterocycles. The Hall–Kier alpha value is -2.14. The van der Waals surface area contributed by atoms with E-state index in [-0.39, 0.29) is 17.7 Å². The number of nitrogens with one attached hydrogen (secondary N) is 2. The van der Waals surface area contributed by atoms with Crippen molar-refractivity contribution in [3.8, 4) is 0 Å². The van der Waals surface area contributed by atoms with Crippen molar-refractivity contribution in [2.75, 3.05) is 10.6 Å². The molecular weight excluding hydrogens is 356 g/mol. The van der Waals surface area contributed by atoms with Gasteiger partial charge in [0.1, 0.15) is 0 Å². The maximum Gasteiger partial charge on any atom is 0.255 e. The van der Waals surface area contributed by atoms with Crippen molar-refractivity contribution in [1.29, 1.82) is 0 Å². The van der Waals surface area contributed by atoms with E-state index in [4.69, 9.17) is 0 Å². The average Bonchev–Trinajstić information content (AvgIpc) is 2.50. The average molecular weight is 375 g/mol. The predicted molar refractivity (Wildman–Crippen MR) is 96.7 cm³/mol. The molecule has 0 saturated heterocycles. The molecule has 0 unspecified atom stereocenters. The van der Waals surface area contributed by atoms with Crippen molar-refractivity contribution < 1.29 is 9.59 Å². The number of amides is 2. The number of carbonyl (C=O) groups is 2. The molecule has 2 aromatic carbocycles. The van der Waals surface area contributed by atoms with Gasteiger partial charge in [0.05, 0.1) is 0 Å². The summed E-state index contributed by atoms with van der Waals surface area (Å²) in [4.78, 5) is 24.0. The maximum absolute atomic E-state index is 12.3. The number of halogens is 1. The lowest BCUT2D eigenvalue weighted by Crippen LogP contribution is -2.18. The second-order valence-corrected chi connectivity index (χ2v) is 6.50. The lowest BCUT2D eigenvalue weighted by molar-refractivity contribution is -0.118. The third kappa shape index (κ3) is 4.66. The van der Waals surface area contributed by atoms with Crippen LogP contribution in [0.1, 0.15) is 29.8 Å². The van der Waals surface area contributed by atoms with Gasteiger partial charge in [-0.3, -0.25) is 9.59 Å². The van der Waals surface area contributed by atoms with Gasteiger partial charge >= 0.3 is 0 Å². The van der Waals surface area contributed by atoms with Crippen LogP contribution in [-0.2, 0) is 4.79 Å². The van der Waals surface area contributed by atoms with E-state index in [1.54, 1.807) is 36.4 Å². The molecular formula is C18H19BrN2O2. The number of benzene rings is 2. The molecule has 2 amide bonds. The molecule has 0 aliphatic heterocycles. The molecule has 0 aromatic heterocycles. The number of hydrogen-bond donors (Lipinski definition) is 2. The normalized spacial score (nSPS) is 10.5. The lowest BCUT2D eigenvalue weighted by atomic mass is 10.1. The molecule has 0 radical (unpaired) electrons. The van der Waals surface area contributed by atoms with Gasteiger partial charge in [0.25, 0.3) is 5.91 Å². The van der Waals surface area contributed by atoms with Crippen molar-refractivity contribution in [3.05, 3.63) is 58.1 Å². The van der Waals surface area contributed by atoms with Gasteiger partial charge in [0.2, 0.25) is 5.91 Å². The van der Waals surface area contributed by atoms with Crippen LogP contribution in [0.5, 0.6) is 0 Å². The fourth-order valence-electron chi connectivity index (χ4n) is 1.90. The maximum atomic E-state index is 12.3. The number of anilines is 2. The highest BCUT2D eigenvalue weighted by Crippen LogP contribution is 2.20. The first kappa shape index (κ1) is 17.2. The van der Waals surface area contributed by atoms with Crippen molar-refractivity contribution >= 4 is 39.1 Å². The summed E-state index contributed by atoms with van der Waals surface area (Å²) in [5.74, 6) is -0.355. The summed E-state index contributed by atoms with van der Waals surface area (Å²) in [6.07, 6.45) is 0. The third-order valence-electron chi connectivity index (χ3n) is 3.35. The van der Waals surface area contributed by atoms with E-state index < -0.39 is 0 Å². The van der Waals surface area contributed by atoms with E-state index >= 15 is 0 Å². The Morgan fingerprint density at radius 3 is 2.26 bits per heavy atom. The Morgan fingerprint density at radius 1 is 1.00 bits per heavy atom. The molecule has 0 saturated carbocycles. The third-order valence-corrected chi connectivity index (χ3v) is 4.20. The van der Waals surface area contributed by atoms with E-state index in [2.05, 4.69) is 26.6 Å². The topological polar surface area (TPSA) is 58.2 Å². The first-order valence-corrected chi connectivity index (χ1v) is 8.14. The standard InChI is InChI=1S/C18H19BrN2O2/c1-11(2)17(22)20-14-5-4-6-15(10-14)21-18(23)13-8-7-12(3)16(19)9-13/h4-11H,1-3H3,(H,20,22)(H,21,23). The van der Waals surface area contributed by atoms with E-state index in [1.807, 2.05) is 26.8 Å². The molecule has 0 fully saturated rings. The van der Waals surface area contributed by atoms with Crippen LogP contribution < -0.4 is 10.6 Å². The summed E-state index contributed by atoms with van der Waals surface area (Å²) in [5.41, 5.74) is 2.93. The minimum Gasteiger partial charge on any atom is -0.326 e. The highest BCUT2D eigenvalue weighted by atomic mass is 79.9. The molecule has 2 aromatic rings. The molecule has 2 N–H and O–H groups in total. The molecule has 0 spiro atoms. The second-order valence-electron chi connectivity index (χ2n) is 5.64. The summed E-state index contributed by atoms with van der Waals surface area (Å²) < 4.78 is 0.892. The van der Waals surface area contributed by atoms with Crippen LogP contribution in [0.3, 0.4) is 0 Å². The Bertz CT molecular complexity index is 742. The first-order chi connectivity index (χ1) is 10.9. The molecule has 2 rings (SSSR count). The van der Waals surface area contributed by atoms with Crippen LogP contribution in [0.15, 0.2) is 46.9 Å². The van der Waals surface area contributed by atoms with Gasteiger partial charge in [-0.1, -0.05) is 41.9 Å². The van der Waals surface area contributed by atoms with Crippen molar-refractivity contribution in [2.45, 2.75) is 20.8 Å². The van der Waals surface area contributed by atoms with E-state index in [0.717, 1.165) is 10.0 Å². The molecule has 5 heteroatoms. The molecule has 23 heavy (non-hydrogen) atoms. The van der Waals surface area contributed by atoms with Crippen LogP contribution in [0.25, 0.3) is 0 Å². The highest BCUT2D eigenvalue weighted by molar-refractivity contribution is 9.10. The Labute approximate surface area is 144 Å². The predicted octanol–water partition coefficient (Wildman–Crippen LogP) is 4.60. The van der Waals surface area contributed by atoms with E-state index in [1.165, 1.54) is 0 Å². The smallest absolute Gasteiger partial charge is 0.255 e. The Morgan fingerprint density at radius 2 is 1.65 bits per heavy atom. The molecule has 0 bridgehead atoms. The minimum atomic E-state index is -0.196. The lowest BCUT2D eigenvalue weighted by Gasteiger charge is -2.10. The fourth-order valence-corrected chi connectivity index (χ4v) is 2.28. The second kappa shape index (κ2) is 7.42. The largest absolute Gasteiger partial charge is 0.326 e. The highest BCUT2D eigenvalue weighted by Gasteiger charge is 2.10. The van der Waals surface area contributed by atoms with Gasteiger partial charge in [-0.15, -0.1) is 0 Å². The Balaban J connectivity index is 2.12. The summed E-state index contributed by atoms with van der Waals surface area (Å²) in [6.45, 7) is 5.62. The molecule has 0 aliphatic carbocycles. The van der Waals surface area contributed by atoms with Crippen LogP contribution >= 0.6 is 15.9 Å². The summed E-state index contributed by atoms with van der Waals surface area (Å²) >= 11 is 3.42. The number of aryl methyl sites for hydroxylation is 1. The van der Waals surface area contributed by atoms with Crippen LogP contribution in [0.4, 0.5) is 11.4 Å². The van der Waals surface area contributed by atoms with Crippen molar-refractivity contribution in [2.24, 2.45) is 5.92 Å². The van der Waals surface area contributed by atoms with Crippen molar-refractivity contribution in [3.63, 3.8) is 0 Å². The van der Waals surface area contributed by atoms with Gasteiger partial charge in [-0.05, 0) is 42.8 Å². The van der Waals surface area contributed by atoms with Gasteiger partial charge in [0, 0.05) is 27.3 Å². The van der Waals surface area contributed by atoms with Gasteiger partial charge in [-0.25, -0.2) is 0 Å². The Kier molecular flexibility index (Phi) is 5.55. The van der Waals surface area contributed by atoms with Crippen LogP contribution in [0.2, 0.25) is 0 Å². The van der Waals surface area contributed by atoms with Crippen molar-refractivity contribution in [1.82, 2.24) is 0 Å². The minimum absolute atomic E-state index is 0.0593. The summed E-state index contributed by atoms with van der Waals surface area (Å²) in [7, 11) is 0. The zero-order chi connectivity index (χ0) is 17.0. The summed E-state index contributed by atoms with van der Waals surface area (Å²) in [5, 5.41) is 5.65. The molecule has 0 atom stereocenters. The SMILES string of the molecule is Cc1ccc(C(=O)Nc2cccc(NC(=O)C(C)C)c2)cc1Br. The molecule has 120 valence electrons. The fraction of sp³-hybridized carbons (Fsp3) is 0.222. The number of hydrogen-bond acceptors (Lipinski definition) is 2. The van der Waals surface area contributed by atoms with E-state index in [9.17, 15) is 9.59 Å². The van der Waals surface area contributed by atoms with Crippen LogP contribution in [0, 0.1) is 12.8 Å². The monoisotopic (exact) mass is 374 g/mol. The first-order valence-electron chi connectivity index (χ1n) is 7.35. The molecule has 0 aliphatic rings. The number of rotatable bonds is 4. The van der Waals surface area contributed by atoms with Crippen LogP contribution in [-0.4, -0.2) is 11.8 Å². The zero-order valence-corrected chi connectivity index (χ0v) is 14.9. The summed E-state index contributed by atoms with van der Waals surface area (Å²) in [6, 6.07) is 12.6. The van der Waals surface area contributed by atoms with Gasteiger partial charge < -0.3 is 10.6 Å².